The van der Waals surface area contributed by atoms with Crippen LogP contribution in [0.4, 0.5) is 4.39 Å². The number of hydrogen-bond donors (Lipinski definition) is 0. The molecular formula is C17H11FN4O3. The second-order valence-corrected chi connectivity index (χ2v) is 5.31. The number of carbonyl (C=O) groups excluding carboxylic acids is 1. The van der Waals surface area contributed by atoms with Gasteiger partial charge in [0, 0.05) is 18.1 Å². The summed E-state index contributed by atoms with van der Waals surface area (Å²) in [5.41, 5.74) is 1.23. The van der Waals surface area contributed by atoms with Crippen molar-refractivity contribution in [2.45, 2.75) is 0 Å². The van der Waals surface area contributed by atoms with Crippen LogP contribution < -0.4 is 5.56 Å². The van der Waals surface area contributed by atoms with Gasteiger partial charge in [0.25, 0.3) is 5.56 Å². The summed E-state index contributed by atoms with van der Waals surface area (Å²) in [6.07, 6.45) is 4.30. The molecule has 4 aromatic rings. The normalized spacial score (nSPS) is 11.1. The summed E-state index contributed by atoms with van der Waals surface area (Å²) in [5.74, 6) is -0.936. The highest BCUT2D eigenvalue weighted by molar-refractivity contribution is 5.96. The van der Waals surface area contributed by atoms with E-state index in [9.17, 15) is 14.0 Å². The summed E-state index contributed by atoms with van der Waals surface area (Å²) in [7, 11) is 1.27. The lowest BCUT2D eigenvalue weighted by atomic mass is 10.2. The molecular weight excluding hydrogens is 327 g/mol. The number of aromatic nitrogens is 4. The summed E-state index contributed by atoms with van der Waals surface area (Å²) < 4.78 is 20.6. The molecule has 3 aromatic heterocycles. The Bertz CT molecular complexity index is 1180. The van der Waals surface area contributed by atoms with Gasteiger partial charge < -0.3 is 4.74 Å². The molecule has 0 atom stereocenters. The topological polar surface area (TPSA) is 78.5 Å². The molecule has 0 N–H and O–H groups in total. The molecule has 1 aromatic carbocycles. The van der Waals surface area contributed by atoms with Crippen LogP contribution in [0.3, 0.4) is 0 Å². The average molecular weight is 338 g/mol. The quantitative estimate of drug-likeness (QED) is 0.522. The lowest BCUT2D eigenvalue weighted by Gasteiger charge is -2.08. The highest BCUT2D eigenvalue weighted by Crippen LogP contribution is 2.16. The first kappa shape index (κ1) is 15.0. The first-order valence-corrected chi connectivity index (χ1v) is 7.32. The van der Waals surface area contributed by atoms with Crippen molar-refractivity contribution in [2.24, 2.45) is 0 Å². The molecule has 0 aliphatic heterocycles. The number of esters is 1. The van der Waals surface area contributed by atoms with Crippen LogP contribution in [0, 0.1) is 5.82 Å². The fraction of sp³-hybridized carbons (Fsp3) is 0.0588. The van der Waals surface area contributed by atoms with Crippen molar-refractivity contribution in [3.8, 4) is 5.69 Å². The van der Waals surface area contributed by atoms with E-state index in [0.29, 0.717) is 22.2 Å². The maximum atomic E-state index is 13.1. The minimum atomic E-state index is -0.554. The molecule has 0 unspecified atom stereocenters. The fourth-order valence-corrected chi connectivity index (χ4v) is 2.68. The molecule has 3 heterocycles. The van der Waals surface area contributed by atoms with Gasteiger partial charge in [-0.1, -0.05) is 0 Å². The summed E-state index contributed by atoms with van der Waals surface area (Å²) in [4.78, 5) is 28.7. The monoisotopic (exact) mass is 338 g/mol. The Hall–Kier alpha value is -3.55. The van der Waals surface area contributed by atoms with Gasteiger partial charge >= 0.3 is 5.97 Å². The molecule has 8 heteroatoms. The minimum absolute atomic E-state index is 0.215. The predicted molar refractivity (Wildman–Crippen MR) is 87.4 cm³/mol. The van der Waals surface area contributed by atoms with Crippen LogP contribution in [0.15, 0.2) is 53.7 Å². The summed E-state index contributed by atoms with van der Waals surface area (Å²) in [6, 6.07) is 7.27. The van der Waals surface area contributed by atoms with E-state index in [1.165, 1.54) is 52.9 Å². The van der Waals surface area contributed by atoms with Crippen LogP contribution in [-0.2, 0) is 4.74 Å². The predicted octanol–water partition coefficient (Wildman–Crippen LogP) is 1.96. The number of hydrogen-bond acceptors (Lipinski definition) is 5. The van der Waals surface area contributed by atoms with Gasteiger partial charge in [-0.3, -0.25) is 9.36 Å². The fourth-order valence-electron chi connectivity index (χ4n) is 2.68. The number of halogens is 1. The van der Waals surface area contributed by atoms with Crippen LogP contribution in [0.5, 0.6) is 0 Å². The molecule has 4 rings (SSSR count). The Labute approximate surface area is 139 Å². The van der Waals surface area contributed by atoms with Crippen molar-refractivity contribution in [1.29, 1.82) is 0 Å². The van der Waals surface area contributed by atoms with Crippen molar-refractivity contribution >= 4 is 22.5 Å². The van der Waals surface area contributed by atoms with Gasteiger partial charge in [-0.2, -0.15) is 5.10 Å². The van der Waals surface area contributed by atoms with Gasteiger partial charge in [-0.25, -0.2) is 18.7 Å². The summed E-state index contributed by atoms with van der Waals surface area (Å²) >= 11 is 0. The molecule has 0 radical (unpaired) electrons. The largest absolute Gasteiger partial charge is 0.465 e. The molecule has 0 spiro atoms. The molecule has 124 valence electrons. The molecule has 0 amide bonds. The van der Waals surface area contributed by atoms with E-state index in [-0.39, 0.29) is 16.9 Å². The Balaban J connectivity index is 1.97. The Kier molecular flexibility index (Phi) is 3.31. The lowest BCUT2D eigenvalue weighted by molar-refractivity contribution is 0.0602. The van der Waals surface area contributed by atoms with E-state index in [1.807, 2.05) is 0 Å². The number of rotatable bonds is 2. The Morgan fingerprint density at radius 1 is 1.16 bits per heavy atom. The van der Waals surface area contributed by atoms with Crippen LogP contribution >= 0.6 is 0 Å². The first-order valence-electron chi connectivity index (χ1n) is 7.32. The van der Waals surface area contributed by atoms with Crippen molar-refractivity contribution in [3.05, 3.63) is 70.7 Å². The third-order valence-electron chi connectivity index (χ3n) is 3.90. The minimum Gasteiger partial charge on any atom is -0.465 e. The molecule has 0 fully saturated rings. The highest BCUT2D eigenvalue weighted by atomic mass is 19.1. The Morgan fingerprint density at radius 3 is 2.64 bits per heavy atom. The molecule has 25 heavy (non-hydrogen) atoms. The van der Waals surface area contributed by atoms with E-state index in [1.54, 1.807) is 12.3 Å². The third-order valence-corrected chi connectivity index (χ3v) is 3.90. The zero-order valence-electron chi connectivity index (χ0n) is 13.0. The second kappa shape index (κ2) is 5.52. The van der Waals surface area contributed by atoms with E-state index < -0.39 is 5.97 Å². The van der Waals surface area contributed by atoms with Gasteiger partial charge in [-0.15, -0.1) is 0 Å². The smallest absolute Gasteiger partial charge is 0.343 e. The van der Waals surface area contributed by atoms with Crippen molar-refractivity contribution in [2.75, 3.05) is 7.11 Å². The number of fused-ring (bicyclic) bond motifs is 3. The molecule has 7 nitrogen and oxygen atoms in total. The van der Waals surface area contributed by atoms with Gasteiger partial charge in [0.15, 0.2) is 5.65 Å². The standard InChI is InChI=1S/C17H11FN4O3/c1-25-17(24)13-9-20-22-14-6-7-21(11-4-2-10(18)3-5-11)16(23)12(14)8-19-15(13)22/h2-9H,1H3. The van der Waals surface area contributed by atoms with E-state index in [2.05, 4.69) is 10.1 Å². The number of pyridine rings is 1. The van der Waals surface area contributed by atoms with Crippen LogP contribution in [-0.4, -0.2) is 32.2 Å². The zero-order chi connectivity index (χ0) is 17.6. The maximum Gasteiger partial charge on any atom is 0.343 e. The zero-order valence-corrected chi connectivity index (χ0v) is 13.0. The van der Waals surface area contributed by atoms with Crippen molar-refractivity contribution in [3.63, 3.8) is 0 Å². The third kappa shape index (κ3) is 2.26. The van der Waals surface area contributed by atoms with Crippen molar-refractivity contribution in [1.82, 2.24) is 19.2 Å². The van der Waals surface area contributed by atoms with E-state index >= 15 is 0 Å². The van der Waals surface area contributed by atoms with Gasteiger partial charge in [0.2, 0.25) is 0 Å². The van der Waals surface area contributed by atoms with Gasteiger partial charge in [-0.05, 0) is 30.3 Å². The highest BCUT2D eigenvalue weighted by Gasteiger charge is 2.17. The molecule has 0 aliphatic rings. The second-order valence-electron chi connectivity index (χ2n) is 5.31. The molecule has 0 saturated carbocycles. The van der Waals surface area contributed by atoms with Crippen LogP contribution in [0.1, 0.15) is 10.4 Å². The van der Waals surface area contributed by atoms with Crippen LogP contribution in [0.2, 0.25) is 0 Å². The molecule has 0 aliphatic carbocycles. The number of methoxy groups -OCH3 is 1. The van der Waals surface area contributed by atoms with Crippen LogP contribution in [0.25, 0.3) is 22.2 Å². The van der Waals surface area contributed by atoms with Gasteiger partial charge in [0.1, 0.15) is 11.4 Å². The summed E-state index contributed by atoms with van der Waals surface area (Å²) in [5, 5.41) is 4.44. The number of nitrogens with zero attached hydrogens (tertiary/aromatic N) is 4. The summed E-state index contributed by atoms with van der Waals surface area (Å²) in [6.45, 7) is 0. The SMILES string of the molecule is COC(=O)c1cnn2c1ncc1c(=O)n(-c3ccc(F)cc3)ccc12. The van der Waals surface area contributed by atoms with Crippen molar-refractivity contribution < 1.29 is 13.9 Å². The maximum absolute atomic E-state index is 13.1. The number of ether oxygens (including phenoxy) is 1. The molecule has 0 bridgehead atoms. The molecule has 0 saturated heterocycles. The Morgan fingerprint density at radius 2 is 1.92 bits per heavy atom. The van der Waals surface area contributed by atoms with Gasteiger partial charge in [0.05, 0.1) is 24.2 Å². The first-order chi connectivity index (χ1) is 12.1. The van der Waals surface area contributed by atoms with E-state index in [4.69, 9.17) is 4.74 Å². The van der Waals surface area contributed by atoms with E-state index in [0.717, 1.165) is 0 Å². The number of carbonyl (C=O) groups is 1. The number of benzene rings is 1. The lowest BCUT2D eigenvalue weighted by Crippen LogP contribution is -2.19. The average Bonchev–Trinajstić information content (AvgIpc) is 3.07.